The molecule has 1 heteroatoms. The molecule has 0 radical (unpaired) electrons. The third kappa shape index (κ3) is 9.75. The van der Waals surface area contributed by atoms with Gasteiger partial charge in [0.25, 0.3) is 0 Å². The Bertz CT molecular complexity index is 244. The highest BCUT2D eigenvalue weighted by molar-refractivity contribution is 4.77. The van der Waals surface area contributed by atoms with Gasteiger partial charge in [-0.25, -0.2) is 0 Å². The lowest BCUT2D eigenvalue weighted by Crippen LogP contribution is -2.30. The lowest BCUT2D eigenvalue weighted by Gasteiger charge is -2.33. The van der Waals surface area contributed by atoms with Crippen molar-refractivity contribution < 1.29 is 4.74 Å². The SMILES string of the molecule is CCCCCCCCCCOC(CCC)C(C)C1CCCCC1. The van der Waals surface area contributed by atoms with Crippen LogP contribution in [0.5, 0.6) is 0 Å². The van der Waals surface area contributed by atoms with Gasteiger partial charge < -0.3 is 4.74 Å². The van der Waals surface area contributed by atoms with E-state index in [1.165, 1.54) is 96.3 Å². The molecule has 1 rings (SSSR count). The van der Waals surface area contributed by atoms with Gasteiger partial charge in [-0.05, 0) is 24.7 Å². The number of rotatable bonds is 14. The first-order valence-corrected chi connectivity index (χ1v) is 10.9. The van der Waals surface area contributed by atoms with Crippen molar-refractivity contribution in [1.29, 1.82) is 0 Å². The second-order valence-corrected chi connectivity index (χ2v) is 7.93. The second kappa shape index (κ2) is 14.3. The maximum absolute atomic E-state index is 6.34. The Labute approximate surface area is 147 Å². The van der Waals surface area contributed by atoms with Crippen LogP contribution in [0.25, 0.3) is 0 Å². The second-order valence-electron chi connectivity index (χ2n) is 7.93. The van der Waals surface area contributed by atoms with Crippen LogP contribution in [0, 0.1) is 11.8 Å². The predicted molar refractivity (Wildman–Crippen MR) is 103 cm³/mol. The van der Waals surface area contributed by atoms with Gasteiger partial charge in [-0.3, -0.25) is 0 Å². The molecular formula is C22H44O. The third-order valence-electron chi connectivity index (χ3n) is 5.88. The number of hydrogen-bond acceptors (Lipinski definition) is 1. The van der Waals surface area contributed by atoms with Crippen LogP contribution < -0.4 is 0 Å². The van der Waals surface area contributed by atoms with E-state index >= 15 is 0 Å². The van der Waals surface area contributed by atoms with E-state index in [1.54, 1.807) is 0 Å². The standard InChI is InChI=1S/C22H44O/c1-4-6-7-8-9-10-11-15-19-23-22(16-5-2)20(3)21-17-13-12-14-18-21/h20-22H,4-19H2,1-3H3. The monoisotopic (exact) mass is 324 g/mol. The molecule has 0 saturated heterocycles. The summed E-state index contributed by atoms with van der Waals surface area (Å²) < 4.78 is 6.34. The first-order chi connectivity index (χ1) is 11.3. The van der Waals surface area contributed by atoms with Crippen molar-refractivity contribution in [3.8, 4) is 0 Å². The molecule has 0 bridgehead atoms. The minimum Gasteiger partial charge on any atom is -0.378 e. The summed E-state index contributed by atoms with van der Waals surface area (Å²) in [5.74, 6) is 1.70. The Balaban J connectivity index is 2.10. The van der Waals surface area contributed by atoms with Crippen LogP contribution in [-0.4, -0.2) is 12.7 Å². The molecule has 0 spiro atoms. The Morgan fingerprint density at radius 1 is 0.783 bits per heavy atom. The van der Waals surface area contributed by atoms with Crippen molar-refractivity contribution in [3.05, 3.63) is 0 Å². The van der Waals surface area contributed by atoms with E-state index < -0.39 is 0 Å². The Morgan fingerprint density at radius 2 is 1.39 bits per heavy atom. The van der Waals surface area contributed by atoms with E-state index in [-0.39, 0.29) is 0 Å². The van der Waals surface area contributed by atoms with E-state index in [0.717, 1.165) is 18.4 Å². The summed E-state index contributed by atoms with van der Waals surface area (Å²) in [6, 6.07) is 0. The average Bonchev–Trinajstić information content (AvgIpc) is 2.59. The molecule has 1 aliphatic carbocycles. The van der Waals surface area contributed by atoms with Crippen molar-refractivity contribution >= 4 is 0 Å². The summed E-state index contributed by atoms with van der Waals surface area (Å²) in [7, 11) is 0. The van der Waals surface area contributed by atoms with Crippen LogP contribution in [0.2, 0.25) is 0 Å². The average molecular weight is 325 g/mol. The maximum Gasteiger partial charge on any atom is 0.0603 e. The fraction of sp³-hybridized carbons (Fsp3) is 1.00. The molecule has 0 aromatic carbocycles. The van der Waals surface area contributed by atoms with Crippen molar-refractivity contribution in [2.45, 2.75) is 123 Å². The smallest absolute Gasteiger partial charge is 0.0603 e. The molecule has 1 fully saturated rings. The highest BCUT2D eigenvalue weighted by Gasteiger charge is 2.26. The Kier molecular flexibility index (Phi) is 13.1. The molecule has 0 aromatic rings. The predicted octanol–water partition coefficient (Wildman–Crippen LogP) is 7.53. The quantitative estimate of drug-likeness (QED) is 0.300. The zero-order valence-electron chi connectivity index (χ0n) is 16.5. The summed E-state index contributed by atoms with van der Waals surface area (Å²) in [5, 5.41) is 0. The molecule has 138 valence electrons. The molecule has 1 nitrogen and oxygen atoms in total. The van der Waals surface area contributed by atoms with Crippen molar-refractivity contribution in [2.75, 3.05) is 6.61 Å². The molecule has 2 atom stereocenters. The van der Waals surface area contributed by atoms with Crippen molar-refractivity contribution in [3.63, 3.8) is 0 Å². The zero-order chi connectivity index (χ0) is 16.8. The lowest BCUT2D eigenvalue weighted by molar-refractivity contribution is -0.0141. The third-order valence-corrected chi connectivity index (χ3v) is 5.88. The lowest BCUT2D eigenvalue weighted by atomic mass is 9.77. The van der Waals surface area contributed by atoms with Crippen LogP contribution in [0.4, 0.5) is 0 Å². The zero-order valence-corrected chi connectivity index (χ0v) is 16.5. The van der Waals surface area contributed by atoms with E-state index in [4.69, 9.17) is 4.74 Å². The van der Waals surface area contributed by atoms with Crippen LogP contribution in [0.3, 0.4) is 0 Å². The highest BCUT2D eigenvalue weighted by atomic mass is 16.5. The van der Waals surface area contributed by atoms with Gasteiger partial charge >= 0.3 is 0 Å². The maximum atomic E-state index is 6.34. The van der Waals surface area contributed by atoms with Crippen LogP contribution >= 0.6 is 0 Å². The molecule has 23 heavy (non-hydrogen) atoms. The van der Waals surface area contributed by atoms with Gasteiger partial charge in [0.1, 0.15) is 0 Å². The molecule has 0 heterocycles. The minimum atomic E-state index is 0.521. The van der Waals surface area contributed by atoms with E-state index in [2.05, 4.69) is 20.8 Å². The minimum absolute atomic E-state index is 0.521. The van der Waals surface area contributed by atoms with Crippen molar-refractivity contribution in [2.24, 2.45) is 11.8 Å². The fourth-order valence-electron chi connectivity index (χ4n) is 4.22. The molecule has 2 unspecified atom stereocenters. The van der Waals surface area contributed by atoms with Gasteiger partial charge in [0.15, 0.2) is 0 Å². The number of hydrogen-bond donors (Lipinski definition) is 0. The first kappa shape index (κ1) is 21.0. The molecule has 0 amide bonds. The fourth-order valence-corrected chi connectivity index (χ4v) is 4.22. The summed E-state index contributed by atoms with van der Waals surface area (Å²) in [6.07, 6.45) is 21.4. The van der Waals surface area contributed by atoms with E-state index in [0.29, 0.717) is 6.10 Å². The van der Waals surface area contributed by atoms with Gasteiger partial charge in [-0.15, -0.1) is 0 Å². The van der Waals surface area contributed by atoms with Crippen molar-refractivity contribution in [1.82, 2.24) is 0 Å². The van der Waals surface area contributed by atoms with Gasteiger partial charge in [0.05, 0.1) is 6.10 Å². The summed E-state index contributed by atoms with van der Waals surface area (Å²) in [4.78, 5) is 0. The topological polar surface area (TPSA) is 9.23 Å². The van der Waals surface area contributed by atoms with Crippen LogP contribution in [-0.2, 0) is 4.74 Å². The highest BCUT2D eigenvalue weighted by Crippen LogP contribution is 2.33. The summed E-state index contributed by atoms with van der Waals surface area (Å²) >= 11 is 0. The largest absolute Gasteiger partial charge is 0.378 e. The number of ether oxygens (including phenoxy) is 1. The Hall–Kier alpha value is -0.0400. The Morgan fingerprint density at radius 3 is 2.00 bits per heavy atom. The molecule has 0 N–H and O–H groups in total. The molecule has 1 saturated carbocycles. The summed E-state index contributed by atoms with van der Waals surface area (Å²) in [6.45, 7) is 8.05. The van der Waals surface area contributed by atoms with Gasteiger partial charge in [-0.2, -0.15) is 0 Å². The first-order valence-electron chi connectivity index (χ1n) is 10.9. The van der Waals surface area contributed by atoms with E-state index in [9.17, 15) is 0 Å². The molecule has 1 aliphatic rings. The molecule has 0 aliphatic heterocycles. The van der Waals surface area contributed by atoms with Gasteiger partial charge in [-0.1, -0.05) is 104 Å². The van der Waals surface area contributed by atoms with Gasteiger partial charge in [0.2, 0.25) is 0 Å². The molecule has 0 aromatic heterocycles. The van der Waals surface area contributed by atoms with E-state index in [1.807, 2.05) is 0 Å². The van der Waals surface area contributed by atoms with Crippen LogP contribution in [0.1, 0.15) is 117 Å². The van der Waals surface area contributed by atoms with Gasteiger partial charge in [0, 0.05) is 6.61 Å². The number of unbranched alkanes of at least 4 members (excludes halogenated alkanes) is 7. The van der Waals surface area contributed by atoms with Crippen LogP contribution in [0.15, 0.2) is 0 Å². The normalized spacial score (nSPS) is 18.9. The molecular weight excluding hydrogens is 280 g/mol. The summed E-state index contributed by atoms with van der Waals surface area (Å²) in [5.41, 5.74) is 0.